The molecule has 1 N–H and O–H groups in total. The predicted molar refractivity (Wildman–Crippen MR) is 171 cm³/mol. The van der Waals surface area contributed by atoms with Gasteiger partial charge in [-0.15, -0.1) is 28.3 Å². The maximum Gasteiger partial charge on any atom is 0.264 e. The summed E-state index contributed by atoms with van der Waals surface area (Å²) >= 11 is 37.1. The fraction of sp³-hybridized carbons (Fsp3) is 0.308. The molecule has 0 bridgehead atoms. The number of hydrogen-bond acceptors (Lipinski definition) is 3. The number of halogens is 7. The Morgan fingerprint density at radius 1 is 0.846 bits per heavy atom. The average Bonchev–Trinajstić information content (AvgIpc) is 3.41. The molecular weight excluding hydrogens is 693 g/mol. The molecule has 2 heterocycles. The first-order valence-corrected chi connectivity index (χ1v) is 14.9. The summed E-state index contributed by atoms with van der Waals surface area (Å²) in [5, 5.41) is 9.06. The maximum atomic E-state index is 11.1. The number of benzene rings is 2. The summed E-state index contributed by atoms with van der Waals surface area (Å²) in [4.78, 5) is 11.6. The smallest absolute Gasteiger partial charge is 0.264 e. The molecule has 13 heteroatoms. The van der Waals surface area contributed by atoms with Gasteiger partial charge in [-0.05, 0) is 63.1 Å². The summed E-state index contributed by atoms with van der Waals surface area (Å²) in [6, 6.07) is 14.0. The van der Waals surface area contributed by atoms with Crippen LogP contribution in [0.5, 0.6) is 5.88 Å². The van der Waals surface area contributed by atoms with E-state index in [0.29, 0.717) is 43.2 Å². The molecule has 0 aliphatic rings. The van der Waals surface area contributed by atoms with E-state index in [1.54, 1.807) is 39.7 Å². The van der Waals surface area contributed by atoms with Gasteiger partial charge in [0.1, 0.15) is 0 Å². The zero-order valence-electron chi connectivity index (χ0n) is 20.5. The lowest BCUT2D eigenvalue weighted by atomic mass is 10.3. The summed E-state index contributed by atoms with van der Waals surface area (Å²) in [6.07, 6.45) is 1.86. The number of nitrogens with zero attached hydrogens (tertiary/aromatic N) is 3. The Kier molecular flexibility index (Phi) is 16.6. The van der Waals surface area contributed by atoms with Crippen LogP contribution in [0.4, 0.5) is 0 Å². The van der Waals surface area contributed by atoms with Crippen molar-refractivity contribution in [2.75, 3.05) is 17.3 Å². The van der Waals surface area contributed by atoms with E-state index in [2.05, 4.69) is 26.1 Å². The lowest BCUT2D eigenvalue weighted by molar-refractivity contribution is 0.296. The minimum absolute atomic E-state index is 0. The van der Waals surface area contributed by atoms with E-state index in [-0.39, 0.29) is 13.0 Å². The van der Waals surface area contributed by atoms with Crippen molar-refractivity contribution < 1.29 is 4.74 Å². The molecule has 0 atom stereocenters. The Bertz CT molecular complexity index is 1370. The molecule has 214 valence electrons. The number of nitrogens with one attached hydrogen (secondary N) is 1. The quantitative estimate of drug-likeness (QED) is 0.153. The highest BCUT2D eigenvalue weighted by molar-refractivity contribution is 9.09. The van der Waals surface area contributed by atoms with Crippen LogP contribution in [0.15, 0.2) is 53.3 Å². The van der Waals surface area contributed by atoms with Gasteiger partial charge in [-0.25, -0.2) is 4.68 Å². The van der Waals surface area contributed by atoms with Crippen LogP contribution in [-0.2, 0) is 0 Å². The molecule has 0 aliphatic heterocycles. The summed E-state index contributed by atoms with van der Waals surface area (Å²) in [6.45, 7) is 4.41. The number of hydrogen-bond donors (Lipinski definition) is 1. The normalized spacial score (nSPS) is 10.1. The SMILES string of the molecule is C.Cc1cc(=O)[nH]n1-c1ccc(Cl)c(Cl)c1.Cc1cc(OCCCCCl)nn1-c1ccc(Cl)c(Cl)c1.ClCBr. The fourth-order valence-corrected chi connectivity index (χ4v) is 3.92. The minimum Gasteiger partial charge on any atom is -0.477 e. The Balaban J connectivity index is 0.000000356. The lowest BCUT2D eigenvalue weighted by Crippen LogP contribution is -2.04. The number of ether oxygens (including phenoxy) is 1. The van der Waals surface area contributed by atoms with Gasteiger partial charge in [0.05, 0.1) is 42.9 Å². The van der Waals surface area contributed by atoms with Crippen molar-refractivity contribution in [1.29, 1.82) is 0 Å². The zero-order chi connectivity index (χ0) is 28.2. The Morgan fingerprint density at radius 3 is 1.92 bits per heavy atom. The van der Waals surface area contributed by atoms with Crippen molar-refractivity contribution in [3.8, 4) is 17.3 Å². The van der Waals surface area contributed by atoms with Crippen LogP contribution in [0.3, 0.4) is 0 Å². The molecule has 0 radical (unpaired) electrons. The van der Waals surface area contributed by atoms with Crippen molar-refractivity contribution in [3.63, 3.8) is 0 Å². The molecule has 0 saturated heterocycles. The van der Waals surface area contributed by atoms with E-state index in [0.717, 1.165) is 35.6 Å². The molecule has 0 unspecified atom stereocenters. The summed E-state index contributed by atoms with van der Waals surface area (Å²) < 4.78 is 9.03. The third-order valence-electron chi connectivity index (χ3n) is 4.87. The number of aromatic nitrogens is 4. The number of rotatable bonds is 7. The number of aryl methyl sites for hydroxylation is 2. The van der Waals surface area contributed by atoms with Crippen LogP contribution in [0, 0.1) is 13.8 Å². The van der Waals surface area contributed by atoms with Crippen LogP contribution in [-0.4, -0.2) is 36.8 Å². The van der Waals surface area contributed by atoms with Crippen molar-refractivity contribution in [3.05, 3.63) is 90.4 Å². The van der Waals surface area contributed by atoms with Gasteiger partial charge in [-0.2, -0.15) is 0 Å². The van der Waals surface area contributed by atoms with Crippen LogP contribution >= 0.6 is 85.5 Å². The van der Waals surface area contributed by atoms with Crippen LogP contribution in [0.25, 0.3) is 11.4 Å². The highest BCUT2D eigenvalue weighted by atomic mass is 79.9. The molecule has 2 aromatic carbocycles. The zero-order valence-corrected chi connectivity index (χ0v) is 26.6. The van der Waals surface area contributed by atoms with Crippen molar-refractivity contribution in [1.82, 2.24) is 19.6 Å². The number of alkyl halides is 3. The van der Waals surface area contributed by atoms with Gasteiger partial charge in [-0.3, -0.25) is 14.6 Å². The van der Waals surface area contributed by atoms with Gasteiger partial charge in [0, 0.05) is 29.4 Å². The van der Waals surface area contributed by atoms with E-state index in [1.807, 2.05) is 26.0 Å². The van der Waals surface area contributed by atoms with E-state index >= 15 is 0 Å². The predicted octanol–water partition coefficient (Wildman–Crippen LogP) is 9.88. The topological polar surface area (TPSA) is 64.8 Å². The second-order valence-corrected chi connectivity index (χ2v) is 11.2. The standard InChI is InChI=1S/C14H15Cl3N2O.C10H8Cl2N2O.CH2BrCl.CH4/c1-10-8-14(20-7-3-2-6-15)18-19(10)11-4-5-12(16)13(17)9-11;1-6-4-10(15)13-14(6)7-2-3-8(11)9(12)5-7;2-1-3;/h4-5,8-9H,2-3,6-7H2,1H3;2-5H,1H3,(H,13,15);1H2;1H4. The van der Waals surface area contributed by atoms with Gasteiger partial charge in [0.25, 0.3) is 5.56 Å². The molecular formula is C26H29BrCl6N4O2. The van der Waals surface area contributed by atoms with Crippen LogP contribution in [0.2, 0.25) is 20.1 Å². The first-order valence-electron chi connectivity index (χ1n) is 11.2. The Hall–Kier alpha value is -1.32. The van der Waals surface area contributed by atoms with Gasteiger partial charge in [0.2, 0.25) is 5.88 Å². The van der Waals surface area contributed by atoms with Crippen molar-refractivity contribution in [2.24, 2.45) is 0 Å². The minimum atomic E-state index is -0.140. The Labute approximate surface area is 267 Å². The van der Waals surface area contributed by atoms with Gasteiger partial charge < -0.3 is 4.74 Å². The van der Waals surface area contributed by atoms with Gasteiger partial charge in [0.15, 0.2) is 0 Å². The summed E-state index contributed by atoms with van der Waals surface area (Å²) in [5.41, 5.74) is 3.28. The molecule has 0 amide bonds. The van der Waals surface area contributed by atoms with E-state index in [9.17, 15) is 4.79 Å². The highest BCUT2D eigenvalue weighted by Crippen LogP contribution is 2.26. The largest absolute Gasteiger partial charge is 0.477 e. The van der Waals surface area contributed by atoms with Crippen molar-refractivity contribution >= 4 is 85.5 Å². The third-order valence-corrected chi connectivity index (χ3v) is 6.61. The highest BCUT2D eigenvalue weighted by Gasteiger charge is 2.09. The number of unbranched alkanes of at least 4 members (excludes halogenated alkanes) is 1. The van der Waals surface area contributed by atoms with Crippen LogP contribution in [0.1, 0.15) is 31.7 Å². The molecule has 4 rings (SSSR count). The maximum absolute atomic E-state index is 11.1. The van der Waals surface area contributed by atoms with Gasteiger partial charge >= 0.3 is 0 Å². The number of H-pyrrole nitrogens is 1. The van der Waals surface area contributed by atoms with E-state index in [1.165, 1.54) is 6.07 Å². The molecule has 0 spiro atoms. The molecule has 2 aromatic heterocycles. The Morgan fingerprint density at radius 2 is 1.41 bits per heavy atom. The molecule has 39 heavy (non-hydrogen) atoms. The van der Waals surface area contributed by atoms with Gasteiger partial charge in [-0.1, -0.05) is 69.8 Å². The molecule has 4 aromatic rings. The second kappa shape index (κ2) is 18.2. The average molecular weight is 722 g/mol. The lowest BCUT2D eigenvalue weighted by Gasteiger charge is -2.06. The summed E-state index contributed by atoms with van der Waals surface area (Å²) in [7, 11) is 0. The molecule has 6 nitrogen and oxygen atoms in total. The first kappa shape index (κ1) is 35.7. The van der Waals surface area contributed by atoms with Crippen LogP contribution < -0.4 is 10.3 Å². The molecule has 0 fully saturated rings. The van der Waals surface area contributed by atoms with E-state index in [4.69, 9.17) is 74.3 Å². The molecule has 0 saturated carbocycles. The number of aromatic amines is 1. The monoisotopic (exact) mass is 718 g/mol. The first-order chi connectivity index (χ1) is 18.1. The second-order valence-electron chi connectivity index (χ2n) is 7.68. The third kappa shape index (κ3) is 11.2. The van der Waals surface area contributed by atoms with E-state index < -0.39 is 0 Å². The summed E-state index contributed by atoms with van der Waals surface area (Å²) in [5.74, 6) is 1.25. The van der Waals surface area contributed by atoms with Crippen molar-refractivity contribution in [2.45, 2.75) is 34.1 Å². The fourth-order valence-electron chi connectivity index (χ4n) is 3.15. The molecule has 0 aliphatic carbocycles.